The molecule has 1 aromatic heterocycles. The van der Waals surface area contributed by atoms with Crippen LogP contribution in [0, 0.1) is 6.92 Å². The fourth-order valence-corrected chi connectivity index (χ4v) is 0.790. The summed E-state index contributed by atoms with van der Waals surface area (Å²) in [6, 6.07) is 0. The first-order valence-corrected chi connectivity index (χ1v) is 3.25. The SMILES string of the molecule is Cc1c(N)cnn1CC(F)(F)F. The van der Waals surface area contributed by atoms with Crippen LogP contribution in [0.5, 0.6) is 0 Å². The van der Waals surface area contributed by atoms with Gasteiger partial charge in [-0.05, 0) is 6.92 Å². The maximum atomic E-state index is 11.8. The normalized spacial score (nSPS) is 12.0. The zero-order valence-electron chi connectivity index (χ0n) is 6.39. The average Bonchev–Trinajstić information content (AvgIpc) is 2.16. The number of alkyl halides is 3. The number of hydrogen-bond donors (Lipinski definition) is 1. The lowest BCUT2D eigenvalue weighted by molar-refractivity contribution is -0.142. The third kappa shape index (κ3) is 1.90. The molecule has 0 aliphatic rings. The van der Waals surface area contributed by atoms with Crippen LogP contribution in [-0.2, 0) is 6.54 Å². The molecule has 12 heavy (non-hydrogen) atoms. The molecule has 0 saturated carbocycles. The van der Waals surface area contributed by atoms with Crippen LogP contribution in [0.3, 0.4) is 0 Å². The van der Waals surface area contributed by atoms with E-state index in [0.717, 1.165) is 4.68 Å². The van der Waals surface area contributed by atoms with Gasteiger partial charge < -0.3 is 5.73 Å². The minimum atomic E-state index is -4.25. The Labute approximate surface area is 67.0 Å². The van der Waals surface area contributed by atoms with E-state index in [1.165, 1.54) is 13.1 Å². The molecule has 2 N–H and O–H groups in total. The summed E-state index contributed by atoms with van der Waals surface area (Å²) < 4.78 is 36.3. The molecule has 0 aliphatic carbocycles. The second kappa shape index (κ2) is 2.69. The van der Waals surface area contributed by atoms with E-state index in [2.05, 4.69) is 5.10 Å². The summed E-state index contributed by atoms with van der Waals surface area (Å²) in [5.74, 6) is 0. The van der Waals surface area contributed by atoms with Gasteiger partial charge in [-0.15, -0.1) is 0 Å². The fraction of sp³-hybridized carbons (Fsp3) is 0.500. The molecule has 1 aromatic rings. The van der Waals surface area contributed by atoms with Crippen molar-refractivity contribution in [3.05, 3.63) is 11.9 Å². The lowest BCUT2D eigenvalue weighted by Crippen LogP contribution is -2.19. The van der Waals surface area contributed by atoms with Crippen molar-refractivity contribution in [1.82, 2.24) is 9.78 Å². The van der Waals surface area contributed by atoms with Gasteiger partial charge in [0.15, 0.2) is 0 Å². The van der Waals surface area contributed by atoms with Crippen molar-refractivity contribution in [2.45, 2.75) is 19.6 Å². The van der Waals surface area contributed by atoms with Crippen molar-refractivity contribution >= 4 is 5.69 Å². The number of nitrogen functional groups attached to an aromatic ring is 1. The average molecular weight is 179 g/mol. The minimum Gasteiger partial charge on any atom is -0.396 e. The highest BCUT2D eigenvalue weighted by atomic mass is 19.4. The van der Waals surface area contributed by atoms with Crippen molar-refractivity contribution in [2.24, 2.45) is 0 Å². The quantitative estimate of drug-likeness (QED) is 0.706. The fourth-order valence-electron chi connectivity index (χ4n) is 0.790. The number of nitrogens with two attached hydrogens (primary N) is 1. The molecule has 6 heteroatoms. The molecular weight excluding hydrogens is 171 g/mol. The zero-order valence-corrected chi connectivity index (χ0v) is 6.39. The number of hydrogen-bond acceptors (Lipinski definition) is 2. The molecule has 1 rings (SSSR count). The molecule has 0 spiro atoms. The van der Waals surface area contributed by atoms with E-state index >= 15 is 0 Å². The summed E-state index contributed by atoms with van der Waals surface area (Å²) in [5, 5.41) is 3.47. The Morgan fingerprint density at radius 2 is 2.17 bits per heavy atom. The van der Waals surface area contributed by atoms with Gasteiger partial charge in [-0.25, -0.2) is 0 Å². The Bertz CT molecular complexity index is 276. The second-order valence-corrected chi connectivity index (χ2v) is 2.46. The van der Waals surface area contributed by atoms with E-state index in [1.807, 2.05) is 0 Å². The molecule has 1 heterocycles. The van der Waals surface area contributed by atoms with E-state index in [1.54, 1.807) is 0 Å². The maximum Gasteiger partial charge on any atom is 0.408 e. The summed E-state index contributed by atoms with van der Waals surface area (Å²) >= 11 is 0. The third-order valence-electron chi connectivity index (χ3n) is 1.47. The maximum absolute atomic E-state index is 11.8. The van der Waals surface area contributed by atoms with Crippen LogP contribution in [0.15, 0.2) is 6.20 Å². The molecule has 3 nitrogen and oxygen atoms in total. The topological polar surface area (TPSA) is 43.8 Å². The van der Waals surface area contributed by atoms with Gasteiger partial charge in [0.05, 0.1) is 17.6 Å². The molecule has 68 valence electrons. The van der Waals surface area contributed by atoms with Crippen molar-refractivity contribution in [3.63, 3.8) is 0 Å². The monoisotopic (exact) mass is 179 g/mol. The van der Waals surface area contributed by atoms with Gasteiger partial charge in [-0.2, -0.15) is 18.3 Å². The van der Waals surface area contributed by atoms with Crippen LogP contribution in [-0.4, -0.2) is 16.0 Å². The molecule has 0 unspecified atom stereocenters. The molecule has 0 atom stereocenters. The van der Waals surface area contributed by atoms with Crippen LogP contribution in [0.2, 0.25) is 0 Å². The smallest absolute Gasteiger partial charge is 0.396 e. The first kappa shape index (κ1) is 8.89. The number of halogens is 3. The molecule has 0 fully saturated rings. The standard InChI is InChI=1S/C6H8F3N3/c1-4-5(10)2-11-12(4)3-6(7,8)9/h2H,3,10H2,1H3. The van der Waals surface area contributed by atoms with Gasteiger partial charge in [-0.1, -0.05) is 0 Å². The molecule has 0 aliphatic heterocycles. The summed E-state index contributed by atoms with van der Waals surface area (Å²) in [6.45, 7) is 0.407. The second-order valence-electron chi connectivity index (χ2n) is 2.46. The highest BCUT2D eigenvalue weighted by Crippen LogP contribution is 2.19. The highest BCUT2D eigenvalue weighted by molar-refractivity contribution is 5.39. The van der Waals surface area contributed by atoms with Gasteiger partial charge in [0.2, 0.25) is 0 Å². The van der Waals surface area contributed by atoms with Crippen molar-refractivity contribution in [3.8, 4) is 0 Å². The number of nitrogens with zero attached hydrogens (tertiary/aromatic N) is 2. The van der Waals surface area contributed by atoms with E-state index in [0.29, 0.717) is 5.69 Å². The van der Waals surface area contributed by atoms with Crippen molar-refractivity contribution in [2.75, 3.05) is 5.73 Å². The summed E-state index contributed by atoms with van der Waals surface area (Å²) in [6.07, 6.45) is -3.04. The lowest BCUT2D eigenvalue weighted by atomic mass is 10.4. The molecular formula is C6H8F3N3. The van der Waals surface area contributed by atoms with Gasteiger partial charge in [0.25, 0.3) is 0 Å². The predicted molar refractivity (Wildman–Crippen MR) is 37.4 cm³/mol. The first-order valence-electron chi connectivity index (χ1n) is 3.25. The van der Waals surface area contributed by atoms with Crippen molar-refractivity contribution < 1.29 is 13.2 Å². The largest absolute Gasteiger partial charge is 0.408 e. The minimum absolute atomic E-state index is 0.277. The first-order chi connectivity index (χ1) is 5.40. The van der Waals surface area contributed by atoms with E-state index < -0.39 is 12.7 Å². The number of rotatable bonds is 1. The highest BCUT2D eigenvalue weighted by Gasteiger charge is 2.29. The molecule has 0 saturated heterocycles. The summed E-state index contributed by atoms with van der Waals surface area (Å²) in [7, 11) is 0. The van der Waals surface area contributed by atoms with Crippen molar-refractivity contribution in [1.29, 1.82) is 0 Å². The Morgan fingerprint density at radius 1 is 1.58 bits per heavy atom. The summed E-state index contributed by atoms with van der Waals surface area (Å²) in [5.41, 5.74) is 5.93. The molecule has 0 bridgehead atoms. The van der Waals surface area contributed by atoms with Gasteiger partial charge in [0.1, 0.15) is 6.54 Å². The van der Waals surface area contributed by atoms with Gasteiger partial charge >= 0.3 is 6.18 Å². The van der Waals surface area contributed by atoms with E-state index in [9.17, 15) is 13.2 Å². The van der Waals surface area contributed by atoms with E-state index in [4.69, 9.17) is 5.73 Å². The predicted octanol–water partition coefficient (Wildman–Crippen LogP) is 1.34. The summed E-state index contributed by atoms with van der Waals surface area (Å²) in [4.78, 5) is 0. The Hall–Kier alpha value is -1.20. The van der Waals surface area contributed by atoms with Crippen LogP contribution in [0.1, 0.15) is 5.69 Å². The van der Waals surface area contributed by atoms with E-state index in [-0.39, 0.29) is 5.69 Å². The lowest BCUT2D eigenvalue weighted by Gasteiger charge is -2.07. The van der Waals surface area contributed by atoms with Crippen LogP contribution < -0.4 is 5.73 Å². The number of anilines is 1. The number of aromatic nitrogens is 2. The Morgan fingerprint density at radius 3 is 2.50 bits per heavy atom. The molecule has 0 amide bonds. The molecule has 0 radical (unpaired) electrons. The van der Waals surface area contributed by atoms with Gasteiger partial charge in [-0.3, -0.25) is 4.68 Å². The zero-order chi connectivity index (χ0) is 9.35. The van der Waals surface area contributed by atoms with Crippen LogP contribution in [0.25, 0.3) is 0 Å². The third-order valence-corrected chi connectivity index (χ3v) is 1.47. The molecule has 0 aromatic carbocycles. The Kier molecular flexibility index (Phi) is 1.99. The van der Waals surface area contributed by atoms with Gasteiger partial charge in [0, 0.05) is 0 Å². The Balaban J connectivity index is 2.83. The van der Waals surface area contributed by atoms with Crippen LogP contribution in [0.4, 0.5) is 18.9 Å². The van der Waals surface area contributed by atoms with Crippen LogP contribution >= 0.6 is 0 Å².